The number of nitrogens with zero attached hydrogens (tertiary/aromatic N) is 1. The van der Waals surface area contributed by atoms with Crippen molar-refractivity contribution in [2.45, 2.75) is 0 Å². The van der Waals surface area contributed by atoms with Crippen LogP contribution in [0.5, 0.6) is 0 Å². The molecule has 4 N–H and O–H groups in total. The number of nitrogen functional groups attached to an aromatic ring is 1. The van der Waals surface area contributed by atoms with Gasteiger partial charge in [0.1, 0.15) is 0 Å². The molecule has 0 fully saturated rings. The lowest BCUT2D eigenvalue weighted by Crippen LogP contribution is -2.11. The molecule has 0 unspecified atom stereocenters. The van der Waals surface area contributed by atoms with Crippen molar-refractivity contribution in [1.29, 1.82) is 0 Å². The van der Waals surface area contributed by atoms with Crippen molar-refractivity contribution in [3.63, 3.8) is 0 Å². The molecule has 0 aliphatic rings. The van der Waals surface area contributed by atoms with Crippen LogP contribution in [0.25, 0.3) is 22.0 Å². The highest BCUT2D eigenvalue weighted by Gasteiger charge is 2.12. The Morgan fingerprint density at radius 3 is 2.62 bits per heavy atom. The van der Waals surface area contributed by atoms with Gasteiger partial charge in [-0.3, -0.25) is 9.89 Å². The van der Waals surface area contributed by atoms with Gasteiger partial charge in [0.25, 0.3) is 5.91 Å². The summed E-state index contributed by atoms with van der Waals surface area (Å²) in [6, 6.07) is 15.5. The van der Waals surface area contributed by atoms with Gasteiger partial charge in [0.15, 0.2) is 5.82 Å². The third-order valence-electron chi connectivity index (χ3n) is 3.82. The van der Waals surface area contributed by atoms with E-state index in [2.05, 4.69) is 15.5 Å². The van der Waals surface area contributed by atoms with E-state index in [1.807, 2.05) is 53.2 Å². The minimum absolute atomic E-state index is 0.160. The molecule has 0 aliphatic heterocycles. The number of hydrogen-bond donors (Lipinski definition) is 3. The summed E-state index contributed by atoms with van der Waals surface area (Å²) in [4.78, 5) is 12.2. The van der Waals surface area contributed by atoms with Crippen LogP contribution in [0, 0.1) is 0 Å². The van der Waals surface area contributed by atoms with Crippen molar-refractivity contribution in [3.05, 3.63) is 64.9 Å². The van der Waals surface area contributed by atoms with Gasteiger partial charge in [0.05, 0.1) is 11.1 Å². The fraction of sp³-hybridized carbons (Fsp3) is 0. The summed E-state index contributed by atoms with van der Waals surface area (Å²) in [6.45, 7) is 0. The molecule has 0 atom stereocenters. The van der Waals surface area contributed by atoms with Crippen molar-refractivity contribution in [2.75, 3.05) is 11.1 Å². The molecular weight excluding hydrogens is 320 g/mol. The third-order valence-corrected chi connectivity index (χ3v) is 4.51. The quantitative estimate of drug-likeness (QED) is 0.493. The molecule has 2 aromatic carbocycles. The van der Waals surface area contributed by atoms with Crippen LogP contribution in [0.15, 0.2) is 59.3 Å². The molecule has 24 heavy (non-hydrogen) atoms. The van der Waals surface area contributed by atoms with Crippen LogP contribution in [0.1, 0.15) is 10.4 Å². The zero-order chi connectivity index (χ0) is 16.5. The fourth-order valence-electron chi connectivity index (χ4n) is 2.54. The molecule has 0 radical (unpaired) electrons. The molecule has 6 heteroatoms. The highest BCUT2D eigenvalue weighted by molar-refractivity contribution is 7.08. The van der Waals surface area contributed by atoms with Crippen LogP contribution in [0.3, 0.4) is 0 Å². The molecule has 0 saturated carbocycles. The number of fused-ring (bicyclic) bond motifs is 1. The molecule has 118 valence electrons. The lowest BCUT2D eigenvalue weighted by Gasteiger charge is -2.03. The smallest absolute Gasteiger partial charge is 0.257 e. The van der Waals surface area contributed by atoms with Gasteiger partial charge in [0.2, 0.25) is 0 Å². The van der Waals surface area contributed by atoms with Gasteiger partial charge in [-0.1, -0.05) is 18.2 Å². The molecule has 0 bridgehead atoms. The Labute approximate surface area is 142 Å². The highest BCUT2D eigenvalue weighted by Crippen LogP contribution is 2.27. The summed E-state index contributed by atoms with van der Waals surface area (Å²) >= 11 is 1.49. The second kappa shape index (κ2) is 5.82. The van der Waals surface area contributed by atoms with Gasteiger partial charge in [-0.25, -0.2) is 0 Å². The fourth-order valence-corrected chi connectivity index (χ4v) is 3.18. The second-order valence-electron chi connectivity index (χ2n) is 5.42. The minimum atomic E-state index is -0.160. The van der Waals surface area contributed by atoms with Gasteiger partial charge in [-0.15, -0.1) is 0 Å². The monoisotopic (exact) mass is 334 g/mol. The molecule has 4 rings (SSSR count). The third kappa shape index (κ3) is 2.63. The van der Waals surface area contributed by atoms with E-state index in [9.17, 15) is 4.79 Å². The van der Waals surface area contributed by atoms with E-state index < -0.39 is 0 Å². The number of nitrogens with one attached hydrogen (secondary N) is 2. The predicted octanol–water partition coefficient (Wildman–Crippen LogP) is 4.13. The number of H-pyrrole nitrogens is 1. The molecule has 0 saturated heterocycles. The molecule has 5 nitrogen and oxygen atoms in total. The maximum absolute atomic E-state index is 12.2. The first-order chi connectivity index (χ1) is 11.7. The standard InChI is InChI=1S/C18H14N4OS/c19-14-4-1-11(2-5-14)12-3-6-15-16(9-12)21-22-17(15)20-18(23)13-7-8-24-10-13/h1-10H,19H2,(H2,20,21,22,23). The van der Waals surface area contributed by atoms with Gasteiger partial charge in [-0.05, 0) is 46.8 Å². The Kier molecular flexibility index (Phi) is 3.51. The Morgan fingerprint density at radius 2 is 1.88 bits per heavy atom. The number of aromatic amines is 1. The minimum Gasteiger partial charge on any atom is -0.399 e. The number of rotatable bonds is 3. The number of nitrogens with two attached hydrogens (primary N) is 1. The summed E-state index contributed by atoms with van der Waals surface area (Å²) in [5.41, 5.74) is 10.1. The predicted molar refractivity (Wildman–Crippen MR) is 98.2 cm³/mol. The molecular formula is C18H14N4OS. The van der Waals surface area contributed by atoms with E-state index in [1.54, 1.807) is 6.07 Å². The second-order valence-corrected chi connectivity index (χ2v) is 6.20. The largest absolute Gasteiger partial charge is 0.399 e. The summed E-state index contributed by atoms with van der Waals surface area (Å²) in [6.07, 6.45) is 0. The lowest BCUT2D eigenvalue weighted by atomic mass is 10.0. The molecule has 4 aromatic rings. The average molecular weight is 334 g/mol. The zero-order valence-corrected chi connectivity index (χ0v) is 13.4. The van der Waals surface area contributed by atoms with E-state index in [4.69, 9.17) is 5.73 Å². The summed E-state index contributed by atoms with van der Waals surface area (Å²) in [7, 11) is 0. The van der Waals surface area contributed by atoms with Crippen LogP contribution in [-0.2, 0) is 0 Å². The van der Waals surface area contributed by atoms with Crippen LogP contribution in [-0.4, -0.2) is 16.1 Å². The maximum Gasteiger partial charge on any atom is 0.257 e. The Balaban J connectivity index is 1.65. The van der Waals surface area contributed by atoms with E-state index in [0.717, 1.165) is 27.7 Å². The highest BCUT2D eigenvalue weighted by atomic mass is 32.1. The van der Waals surface area contributed by atoms with Crippen LogP contribution >= 0.6 is 11.3 Å². The molecule has 0 aliphatic carbocycles. The summed E-state index contributed by atoms with van der Waals surface area (Å²) < 4.78 is 0. The van der Waals surface area contributed by atoms with Gasteiger partial charge < -0.3 is 11.1 Å². The average Bonchev–Trinajstić information content (AvgIpc) is 3.25. The number of hydrogen-bond acceptors (Lipinski definition) is 4. The summed E-state index contributed by atoms with van der Waals surface area (Å²) in [5.74, 6) is 0.373. The Hall–Kier alpha value is -3.12. The van der Waals surface area contributed by atoms with Crippen molar-refractivity contribution < 1.29 is 4.79 Å². The summed E-state index contributed by atoms with van der Waals surface area (Å²) in [5, 5.41) is 14.6. The van der Waals surface area contributed by atoms with Gasteiger partial charge >= 0.3 is 0 Å². The molecule has 0 spiro atoms. The number of anilines is 2. The van der Waals surface area contributed by atoms with Gasteiger partial charge in [-0.2, -0.15) is 16.4 Å². The normalized spacial score (nSPS) is 10.8. The zero-order valence-electron chi connectivity index (χ0n) is 12.6. The first-order valence-electron chi connectivity index (χ1n) is 7.38. The molecule has 2 aromatic heterocycles. The van der Waals surface area contributed by atoms with Crippen molar-refractivity contribution in [1.82, 2.24) is 10.2 Å². The number of carbonyl (C=O) groups excluding carboxylic acids is 1. The SMILES string of the molecule is Nc1ccc(-c2ccc3c(NC(=O)c4ccsc4)n[nH]c3c2)cc1. The van der Waals surface area contributed by atoms with Crippen LogP contribution in [0.2, 0.25) is 0 Å². The van der Waals surface area contributed by atoms with E-state index in [0.29, 0.717) is 11.4 Å². The van der Waals surface area contributed by atoms with E-state index >= 15 is 0 Å². The van der Waals surface area contributed by atoms with Crippen LogP contribution in [0.4, 0.5) is 11.5 Å². The van der Waals surface area contributed by atoms with Crippen molar-refractivity contribution in [3.8, 4) is 11.1 Å². The number of benzene rings is 2. The van der Waals surface area contributed by atoms with Crippen LogP contribution < -0.4 is 11.1 Å². The number of amides is 1. The van der Waals surface area contributed by atoms with E-state index in [-0.39, 0.29) is 5.91 Å². The topological polar surface area (TPSA) is 83.8 Å². The molecule has 2 heterocycles. The first kappa shape index (κ1) is 14.5. The lowest BCUT2D eigenvalue weighted by molar-refractivity contribution is 0.102. The Bertz CT molecular complexity index is 1000. The number of aromatic nitrogens is 2. The van der Waals surface area contributed by atoms with Gasteiger partial charge in [0, 0.05) is 16.5 Å². The number of thiophene rings is 1. The Morgan fingerprint density at radius 1 is 1.08 bits per heavy atom. The van der Waals surface area contributed by atoms with Crippen molar-refractivity contribution in [2.24, 2.45) is 0 Å². The number of carbonyl (C=O) groups is 1. The molecule has 1 amide bonds. The van der Waals surface area contributed by atoms with Crippen molar-refractivity contribution >= 4 is 39.7 Å². The maximum atomic E-state index is 12.2. The van der Waals surface area contributed by atoms with E-state index in [1.165, 1.54) is 11.3 Å². The first-order valence-corrected chi connectivity index (χ1v) is 8.32.